The van der Waals surface area contributed by atoms with E-state index in [9.17, 15) is 0 Å². The SMILES string of the molecule is CCCCCCCCCCCCCCN(CC)CC.I. The summed E-state index contributed by atoms with van der Waals surface area (Å²) < 4.78 is 0. The lowest BCUT2D eigenvalue weighted by Crippen LogP contribution is -2.23. The van der Waals surface area contributed by atoms with Crippen molar-refractivity contribution < 1.29 is 0 Å². The molecule has 1 nitrogen and oxygen atoms in total. The highest BCUT2D eigenvalue weighted by molar-refractivity contribution is 14.0. The molecule has 0 spiro atoms. The van der Waals surface area contributed by atoms with E-state index >= 15 is 0 Å². The topological polar surface area (TPSA) is 3.24 Å². The zero-order valence-electron chi connectivity index (χ0n) is 14.5. The molecule has 0 aromatic carbocycles. The molecular formula is C18H40IN. The van der Waals surface area contributed by atoms with Gasteiger partial charge in [0.25, 0.3) is 0 Å². The van der Waals surface area contributed by atoms with Crippen LogP contribution in [0.1, 0.15) is 97.8 Å². The van der Waals surface area contributed by atoms with Crippen molar-refractivity contribution in [3.05, 3.63) is 0 Å². The Labute approximate surface area is 146 Å². The molecule has 0 fully saturated rings. The normalized spacial score (nSPS) is 10.8. The second kappa shape index (κ2) is 19.7. The van der Waals surface area contributed by atoms with E-state index < -0.39 is 0 Å². The average molecular weight is 397 g/mol. The molecule has 0 unspecified atom stereocenters. The maximum Gasteiger partial charge on any atom is -0.00190 e. The van der Waals surface area contributed by atoms with Gasteiger partial charge in [-0.15, -0.1) is 24.0 Å². The van der Waals surface area contributed by atoms with Gasteiger partial charge in [0.15, 0.2) is 0 Å². The molecule has 0 rings (SSSR count). The van der Waals surface area contributed by atoms with E-state index in [0.29, 0.717) is 0 Å². The minimum Gasteiger partial charge on any atom is -0.304 e. The van der Waals surface area contributed by atoms with Gasteiger partial charge >= 0.3 is 0 Å². The van der Waals surface area contributed by atoms with Crippen LogP contribution >= 0.6 is 24.0 Å². The summed E-state index contributed by atoms with van der Waals surface area (Å²) >= 11 is 0. The quantitative estimate of drug-likeness (QED) is 0.221. The van der Waals surface area contributed by atoms with Gasteiger partial charge in [0.1, 0.15) is 0 Å². The van der Waals surface area contributed by atoms with Crippen LogP contribution in [0, 0.1) is 0 Å². The molecule has 124 valence electrons. The molecule has 0 heterocycles. The van der Waals surface area contributed by atoms with Gasteiger partial charge in [0, 0.05) is 0 Å². The third-order valence-electron chi connectivity index (χ3n) is 4.22. The van der Waals surface area contributed by atoms with Crippen molar-refractivity contribution in [2.24, 2.45) is 0 Å². The van der Waals surface area contributed by atoms with Crippen LogP contribution in [-0.4, -0.2) is 24.5 Å². The summed E-state index contributed by atoms with van der Waals surface area (Å²) in [6.07, 6.45) is 17.4. The Hall–Kier alpha value is 0.690. The summed E-state index contributed by atoms with van der Waals surface area (Å²) in [6, 6.07) is 0. The predicted octanol–water partition coefficient (Wildman–Crippen LogP) is 6.65. The molecule has 0 N–H and O–H groups in total. The zero-order chi connectivity index (χ0) is 14.2. The largest absolute Gasteiger partial charge is 0.304 e. The Morgan fingerprint density at radius 1 is 0.500 bits per heavy atom. The minimum absolute atomic E-state index is 0. The number of unbranched alkanes of at least 4 members (excludes halogenated alkanes) is 11. The van der Waals surface area contributed by atoms with Crippen molar-refractivity contribution in [3.63, 3.8) is 0 Å². The van der Waals surface area contributed by atoms with Crippen molar-refractivity contribution in [2.45, 2.75) is 97.8 Å². The van der Waals surface area contributed by atoms with E-state index in [1.165, 1.54) is 96.7 Å². The Bertz CT molecular complexity index is 157. The predicted molar refractivity (Wildman–Crippen MR) is 104 cm³/mol. The second-order valence-corrected chi connectivity index (χ2v) is 5.92. The highest BCUT2D eigenvalue weighted by Gasteiger charge is 1.98. The number of rotatable bonds is 15. The first-order chi connectivity index (χ1) is 9.35. The molecule has 0 aliphatic carbocycles. The van der Waals surface area contributed by atoms with Crippen molar-refractivity contribution in [2.75, 3.05) is 19.6 Å². The first-order valence-electron chi connectivity index (χ1n) is 9.07. The lowest BCUT2D eigenvalue weighted by Gasteiger charge is -2.17. The van der Waals surface area contributed by atoms with Crippen LogP contribution in [0.25, 0.3) is 0 Å². The number of nitrogens with zero attached hydrogens (tertiary/aromatic N) is 1. The van der Waals surface area contributed by atoms with Gasteiger partial charge in [-0.3, -0.25) is 0 Å². The Kier molecular flexibility index (Phi) is 22.6. The molecule has 20 heavy (non-hydrogen) atoms. The molecule has 0 aliphatic heterocycles. The van der Waals surface area contributed by atoms with E-state index in [4.69, 9.17) is 0 Å². The van der Waals surface area contributed by atoms with Crippen LogP contribution < -0.4 is 0 Å². The molecule has 0 aliphatic rings. The van der Waals surface area contributed by atoms with Crippen molar-refractivity contribution in [1.29, 1.82) is 0 Å². The molecule has 0 amide bonds. The van der Waals surface area contributed by atoms with Crippen LogP contribution in [0.4, 0.5) is 0 Å². The summed E-state index contributed by atoms with van der Waals surface area (Å²) in [5.41, 5.74) is 0. The highest BCUT2D eigenvalue weighted by atomic mass is 127. The minimum atomic E-state index is 0. The van der Waals surface area contributed by atoms with Gasteiger partial charge in [-0.25, -0.2) is 0 Å². The number of halogens is 1. The molecule has 0 bridgehead atoms. The Morgan fingerprint density at radius 2 is 0.850 bits per heavy atom. The number of hydrogen-bond donors (Lipinski definition) is 0. The summed E-state index contributed by atoms with van der Waals surface area (Å²) in [4.78, 5) is 2.54. The zero-order valence-corrected chi connectivity index (χ0v) is 16.8. The van der Waals surface area contributed by atoms with Crippen LogP contribution in [-0.2, 0) is 0 Å². The van der Waals surface area contributed by atoms with Gasteiger partial charge in [0.05, 0.1) is 0 Å². The summed E-state index contributed by atoms with van der Waals surface area (Å²) in [5.74, 6) is 0. The van der Waals surface area contributed by atoms with E-state index in [1.807, 2.05) is 0 Å². The average Bonchev–Trinajstić information content (AvgIpc) is 2.44. The summed E-state index contributed by atoms with van der Waals surface area (Å²) in [7, 11) is 0. The third kappa shape index (κ3) is 16.7. The molecule has 0 radical (unpaired) electrons. The van der Waals surface area contributed by atoms with Crippen molar-refractivity contribution >= 4 is 24.0 Å². The highest BCUT2D eigenvalue weighted by Crippen LogP contribution is 2.12. The van der Waals surface area contributed by atoms with Gasteiger partial charge in [-0.1, -0.05) is 91.4 Å². The van der Waals surface area contributed by atoms with Crippen molar-refractivity contribution in [1.82, 2.24) is 4.90 Å². The smallest absolute Gasteiger partial charge is 0.00190 e. The fourth-order valence-electron chi connectivity index (χ4n) is 2.72. The maximum absolute atomic E-state index is 2.54. The molecule has 0 saturated carbocycles. The lowest BCUT2D eigenvalue weighted by molar-refractivity contribution is 0.295. The Morgan fingerprint density at radius 3 is 1.20 bits per heavy atom. The molecule has 0 saturated heterocycles. The van der Waals surface area contributed by atoms with Crippen LogP contribution in [0.3, 0.4) is 0 Å². The monoisotopic (exact) mass is 397 g/mol. The third-order valence-corrected chi connectivity index (χ3v) is 4.22. The van der Waals surface area contributed by atoms with E-state index in [1.54, 1.807) is 0 Å². The number of hydrogen-bond acceptors (Lipinski definition) is 1. The lowest BCUT2D eigenvalue weighted by atomic mass is 10.1. The van der Waals surface area contributed by atoms with Crippen LogP contribution in [0.2, 0.25) is 0 Å². The van der Waals surface area contributed by atoms with Crippen molar-refractivity contribution in [3.8, 4) is 0 Å². The summed E-state index contributed by atoms with van der Waals surface area (Å²) in [5, 5.41) is 0. The van der Waals surface area contributed by atoms with Gasteiger partial charge in [0.2, 0.25) is 0 Å². The molecule has 0 atom stereocenters. The van der Waals surface area contributed by atoms with Gasteiger partial charge in [-0.05, 0) is 26.1 Å². The van der Waals surface area contributed by atoms with Gasteiger partial charge in [-0.2, -0.15) is 0 Å². The first kappa shape index (κ1) is 23.0. The fourth-order valence-corrected chi connectivity index (χ4v) is 2.72. The standard InChI is InChI=1S/C18H39N.HI/c1-4-7-8-9-10-11-12-13-14-15-16-17-18-19(5-2)6-3;/h4-18H2,1-3H3;1H. The molecular weight excluding hydrogens is 357 g/mol. The van der Waals surface area contributed by atoms with E-state index in [2.05, 4.69) is 25.7 Å². The van der Waals surface area contributed by atoms with Gasteiger partial charge < -0.3 is 4.90 Å². The van der Waals surface area contributed by atoms with E-state index in [-0.39, 0.29) is 24.0 Å². The fraction of sp³-hybridized carbons (Fsp3) is 1.00. The second-order valence-electron chi connectivity index (χ2n) is 5.92. The van der Waals surface area contributed by atoms with E-state index in [0.717, 1.165) is 0 Å². The van der Waals surface area contributed by atoms with Crippen LogP contribution in [0.5, 0.6) is 0 Å². The maximum atomic E-state index is 2.54. The Balaban J connectivity index is 0. The van der Waals surface area contributed by atoms with Crippen LogP contribution in [0.15, 0.2) is 0 Å². The molecule has 2 heteroatoms. The first-order valence-corrected chi connectivity index (χ1v) is 9.07. The molecule has 0 aromatic rings. The summed E-state index contributed by atoms with van der Waals surface area (Å²) in [6.45, 7) is 10.6. The molecule has 0 aromatic heterocycles.